The van der Waals surface area contributed by atoms with Crippen molar-refractivity contribution < 1.29 is 4.79 Å². The van der Waals surface area contributed by atoms with Gasteiger partial charge in [-0.15, -0.1) is 0 Å². The topological polar surface area (TPSA) is 20.3 Å². The lowest BCUT2D eigenvalue weighted by molar-refractivity contribution is -0.125. The van der Waals surface area contributed by atoms with Crippen LogP contribution in [-0.2, 0) is 17.8 Å². The van der Waals surface area contributed by atoms with Gasteiger partial charge in [0.05, 0.1) is 0 Å². The van der Waals surface area contributed by atoms with E-state index < -0.39 is 0 Å². The molecule has 2 aromatic carbocycles. The van der Waals surface area contributed by atoms with Crippen molar-refractivity contribution >= 4 is 12.0 Å². The van der Waals surface area contributed by atoms with Gasteiger partial charge in [-0.1, -0.05) is 61.5 Å². The molecule has 2 aromatic rings. The molecule has 0 saturated carbocycles. The number of amides is 1. The fraction of sp³-hybridized carbons (Fsp3) is 0.211. The standard InChI is InChI=1S/C19H21NO/c1-3-16-9-11-18(12-10-16)15-20(2)19(21)14-13-17-7-5-4-6-8-17/h4-14H,3,15H2,1-2H3/b14-13+. The zero-order valence-electron chi connectivity index (χ0n) is 12.6. The molecule has 2 nitrogen and oxygen atoms in total. The van der Waals surface area contributed by atoms with E-state index in [1.54, 1.807) is 11.0 Å². The average molecular weight is 279 g/mol. The molecule has 0 fully saturated rings. The number of hydrogen-bond donors (Lipinski definition) is 0. The lowest BCUT2D eigenvalue weighted by atomic mass is 10.1. The van der Waals surface area contributed by atoms with Crippen LogP contribution in [-0.4, -0.2) is 17.9 Å². The number of benzene rings is 2. The van der Waals surface area contributed by atoms with Crippen molar-refractivity contribution in [3.8, 4) is 0 Å². The predicted octanol–water partition coefficient (Wildman–Crippen LogP) is 3.92. The van der Waals surface area contributed by atoms with E-state index in [0.717, 1.165) is 17.5 Å². The molecule has 0 N–H and O–H groups in total. The van der Waals surface area contributed by atoms with Crippen molar-refractivity contribution in [3.05, 3.63) is 77.4 Å². The Morgan fingerprint density at radius 2 is 1.62 bits per heavy atom. The molecule has 2 heteroatoms. The molecular weight excluding hydrogens is 258 g/mol. The van der Waals surface area contributed by atoms with E-state index in [0.29, 0.717) is 6.54 Å². The van der Waals surface area contributed by atoms with Gasteiger partial charge >= 0.3 is 0 Å². The first kappa shape index (κ1) is 15.0. The highest BCUT2D eigenvalue weighted by molar-refractivity contribution is 5.91. The Kier molecular flexibility index (Phi) is 5.33. The summed E-state index contributed by atoms with van der Waals surface area (Å²) in [4.78, 5) is 13.8. The summed E-state index contributed by atoms with van der Waals surface area (Å²) >= 11 is 0. The van der Waals surface area contributed by atoms with E-state index >= 15 is 0 Å². The molecule has 0 saturated heterocycles. The summed E-state index contributed by atoms with van der Waals surface area (Å²) in [6.07, 6.45) is 4.50. The van der Waals surface area contributed by atoms with Gasteiger partial charge in [0.15, 0.2) is 0 Å². The van der Waals surface area contributed by atoms with Gasteiger partial charge in [-0.3, -0.25) is 4.79 Å². The average Bonchev–Trinajstić information content (AvgIpc) is 2.54. The third-order valence-corrected chi connectivity index (χ3v) is 3.45. The number of carbonyl (C=O) groups excluding carboxylic acids is 1. The Bertz CT molecular complexity index is 599. The molecule has 2 rings (SSSR count). The van der Waals surface area contributed by atoms with Crippen molar-refractivity contribution in [2.24, 2.45) is 0 Å². The summed E-state index contributed by atoms with van der Waals surface area (Å²) in [7, 11) is 1.82. The van der Waals surface area contributed by atoms with E-state index in [2.05, 4.69) is 31.2 Å². The van der Waals surface area contributed by atoms with E-state index in [4.69, 9.17) is 0 Å². The molecule has 0 heterocycles. The van der Waals surface area contributed by atoms with Crippen LogP contribution in [0.15, 0.2) is 60.7 Å². The maximum atomic E-state index is 12.1. The smallest absolute Gasteiger partial charge is 0.246 e. The number of carbonyl (C=O) groups is 1. The molecule has 108 valence electrons. The quantitative estimate of drug-likeness (QED) is 0.760. The molecule has 0 aliphatic rings. The summed E-state index contributed by atoms with van der Waals surface area (Å²) in [6, 6.07) is 18.3. The Hall–Kier alpha value is -2.35. The molecule has 0 atom stereocenters. The molecule has 21 heavy (non-hydrogen) atoms. The molecule has 1 amide bonds. The Balaban J connectivity index is 1.94. The molecule has 0 radical (unpaired) electrons. The van der Waals surface area contributed by atoms with Crippen molar-refractivity contribution in [2.45, 2.75) is 19.9 Å². The summed E-state index contributed by atoms with van der Waals surface area (Å²) in [5.74, 6) is 0.0124. The van der Waals surface area contributed by atoms with Crippen molar-refractivity contribution in [1.29, 1.82) is 0 Å². The molecule has 0 bridgehead atoms. The van der Waals surface area contributed by atoms with Crippen molar-refractivity contribution in [3.63, 3.8) is 0 Å². The minimum atomic E-state index is 0.0124. The Morgan fingerprint density at radius 3 is 2.24 bits per heavy atom. The maximum Gasteiger partial charge on any atom is 0.246 e. The van der Waals surface area contributed by atoms with Crippen LogP contribution in [0.3, 0.4) is 0 Å². The minimum absolute atomic E-state index is 0.0124. The molecular formula is C19H21NO. The third-order valence-electron chi connectivity index (χ3n) is 3.45. The lowest BCUT2D eigenvalue weighted by Crippen LogP contribution is -2.24. The first-order valence-electron chi connectivity index (χ1n) is 7.25. The van der Waals surface area contributed by atoms with Crippen LogP contribution >= 0.6 is 0 Å². The molecule has 0 aliphatic heterocycles. The Labute approximate surface area is 126 Å². The van der Waals surface area contributed by atoms with E-state index in [9.17, 15) is 4.79 Å². The normalized spacial score (nSPS) is 10.8. The second-order valence-corrected chi connectivity index (χ2v) is 5.11. The third kappa shape index (κ3) is 4.60. The SMILES string of the molecule is CCc1ccc(CN(C)C(=O)/C=C/c2ccccc2)cc1. The van der Waals surface area contributed by atoms with Crippen LogP contribution in [0.5, 0.6) is 0 Å². The van der Waals surface area contributed by atoms with Gasteiger partial charge in [0, 0.05) is 19.7 Å². The first-order valence-corrected chi connectivity index (χ1v) is 7.25. The van der Waals surface area contributed by atoms with Gasteiger partial charge in [0.25, 0.3) is 0 Å². The minimum Gasteiger partial charge on any atom is -0.338 e. The van der Waals surface area contributed by atoms with Crippen LogP contribution in [0.1, 0.15) is 23.6 Å². The second kappa shape index (κ2) is 7.44. The highest BCUT2D eigenvalue weighted by Crippen LogP contribution is 2.08. The number of rotatable bonds is 5. The summed E-state index contributed by atoms with van der Waals surface area (Å²) < 4.78 is 0. The number of hydrogen-bond acceptors (Lipinski definition) is 1. The fourth-order valence-electron chi connectivity index (χ4n) is 2.09. The van der Waals surface area contributed by atoms with Gasteiger partial charge in [0.2, 0.25) is 5.91 Å². The highest BCUT2D eigenvalue weighted by Gasteiger charge is 2.05. The zero-order valence-corrected chi connectivity index (χ0v) is 12.6. The number of nitrogens with zero attached hydrogens (tertiary/aromatic N) is 1. The molecule has 0 aliphatic carbocycles. The van der Waals surface area contributed by atoms with Crippen LogP contribution < -0.4 is 0 Å². The fourth-order valence-corrected chi connectivity index (χ4v) is 2.09. The van der Waals surface area contributed by atoms with E-state index in [-0.39, 0.29) is 5.91 Å². The molecule has 0 unspecified atom stereocenters. The summed E-state index contributed by atoms with van der Waals surface area (Å²) in [5, 5.41) is 0. The van der Waals surface area contributed by atoms with Gasteiger partial charge < -0.3 is 4.90 Å². The van der Waals surface area contributed by atoms with Crippen molar-refractivity contribution in [1.82, 2.24) is 4.90 Å². The maximum absolute atomic E-state index is 12.1. The van der Waals surface area contributed by atoms with Gasteiger partial charge in [-0.2, -0.15) is 0 Å². The van der Waals surface area contributed by atoms with Crippen LogP contribution in [0.2, 0.25) is 0 Å². The summed E-state index contributed by atoms with van der Waals surface area (Å²) in [6.45, 7) is 2.76. The van der Waals surface area contributed by atoms with Gasteiger partial charge in [-0.05, 0) is 29.2 Å². The molecule has 0 aromatic heterocycles. The van der Waals surface area contributed by atoms with E-state index in [1.807, 2.05) is 43.5 Å². The van der Waals surface area contributed by atoms with Crippen LogP contribution in [0, 0.1) is 0 Å². The number of likely N-dealkylation sites (N-methyl/N-ethyl adjacent to an activating group) is 1. The summed E-state index contributed by atoms with van der Waals surface area (Å²) in [5.41, 5.74) is 3.50. The Morgan fingerprint density at radius 1 is 1.00 bits per heavy atom. The lowest BCUT2D eigenvalue weighted by Gasteiger charge is -2.15. The van der Waals surface area contributed by atoms with Gasteiger partial charge in [-0.25, -0.2) is 0 Å². The van der Waals surface area contributed by atoms with Crippen LogP contribution in [0.4, 0.5) is 0 Å². The predicted molar refractivity (Wildman–Crippen MR) is 87.8 cm³/mol. The van der Waals surface area contributed by atoms with Gasteiger partial charge in [0.1, 0.15) is 0 Å². The largest absolute Gasteiger partial charge is 0.338 e. The van der Waals surface area contributed by atoms with Crippen LogP contribution in [0.25, 0.3) is 6.08 Å². The zero-order chi connectivity index (χ0) is 15.1. The van der Waals surface area contributed by atoms with E-state index in [1.165, 1.54) is 5.56 Å². The highest BCUT2D eigenvalue weighted by atomic mass is 16.2. The van der Waals surface area contributed by atoms with Crippen molar-refractivity contribution in [2.75, 3.05) is 7.05 Å². The first-order chi connectivity index (χ1) is 10.2. The second-order valence-electron chi connectivity index (χ2n) is 5.11. The number of aryl methyl sites for hydroxylation is 1. The monoisotopic (exact) mass is 279 g/mol. The molecule has 0 spiro atoms.